The van der Waals surface area contributed by atoms with Gasteiger partial charge in [-0.1, -0.05) is 18.2 Å². The van der Waals surface area contributed by atoms with Crippen molar-refractivity contribution in [1.29, 1.82) is 5.41 Å². The number of pyridine rings is 1. The maximum Gasteiger partial charge on any atom is 0.123 e. The highest BCUT2D eigenvalue weighted by Gasteiger charge is 2.20. The minimum absolute atomic E-state index is 0.164. The molecule has 3 nitrogen and oxygen atoms in total. The van der Waals surface area contributed by atoms with Crippen LogP contribution in [0.1, 0.15) is 23.2 Å². The average Bonchev–Trinajstić information content (AvgIpc) is 2.72. The fourth-order valence-corrected chi connectivity index (χ4v) is 2.52. The van der Waals surface area contributed by atoms with Crippen LogP contribution in [-0.4, -0.2) is 10.8 Å². The van der Waals surface area contributed by atoms with E-state index < -0.39 is 0 Å². The van der Waals surface area contributed by atoms with Crippen molar-refractivity contribution < 1.29 is 0 Å². The summed E-state index contributed by atoms with van der Waals surface area (Å²) in [5, 5.41) is 8.75. The fourth-order valence-electron chi connectivity index (χ4n) is 2.52. The Balaban J connectivity index is 2.45. The van der Waals surface area contributed by atoms with Gasteiger partial charge in [-0.15, -0.1) is 0 Å². The molecule has 1 aromatic carbocycles. The van der Waals surface area contributed by atoms with Crippen LogP contribution in [0.2, 0.25) is 0 Å². The molecule has 3 N–H and O–H groups in total. The van der Waals surface area contributed by atoms with Crippen LogP contribution in [0.15, 0.2) is 24.3 Å². The summed E-state index contributed by atoms with van der Waals surface area (Å²) in [4.78, 5) is 4.65. The summed E-state index contributed by atoms with van der Waals surface area (Å²) in [6, 6.07) is 7.93. The molecule has 0 radical (unpaired) electrons. The molecule has 0 saturated carbocycles. The number of amidine groups is 1. The van der Waals surface area contributed by atoms with E-state index in [0.29, 0.717) is 0 Å². The maximum absolute atomic E-state index is 7.74. The van der Waals surface area contributed by atoms with Crippen molar-refractivity contribution in [3.8, 4) is 0 Å². The van der Waals surface area contributed by atoms with E-state index in [1.54, 1.807) is 0 Å². The molecule has 2 aromatic rings. The van der Waals surface area contributed by atoms with E-state index in [4.69, 9.17) is 11.1 Å². The second kappa shape index (κ2) is 3.30. The number of nitrogen functional groups attached to an aromatic ring is 1. The van der Waals surface area contributed by atoms with E-state index in [-0.39, 0.29) is 5.84 Å². The third-order valence-corrected chi connectivity index (χ3v) is 3.19. The number of para-hydroxylation sites is 1. The summed E-state index contributed by atoms with van der Waals surface area (Å²) >= 11 is 0. The normalized spacial score (nSPS) is 14.0. The zero-order chi connectivity index (χ0) is 11.1. The maximum atomic E-state index is 7.74. The topological polar surface area (TPSA) is 62.8 Å². The van der Waals surface area contributed by atoms with Crippen LogP contribution in [0.4, 0.5) is 0 Å². The number of nitrogens with zero attached hydrogens (tertiary/aromatic N) is 1. The lowest BCUT2D eigenvalue weighted by Gasteiger charge is -2.10. The van der Waals surface area contributed by atoms with Gasteiger partial charge in [0.2, 0.25) is 0 Å². The summed E-state index contributed by atoms with van der Waals surface area (Å²) in [6.45, 7) is 0. The molecule has 1 heterocycles. The summed E-state index contributed by atoms with van der Waals surface area (Å²) in [5.74, 6) is 0.164. The molecular formula is C13H13N3. The van der Waals surface area contributed by atoms with Gasteiger partial charge in [0.15, 0.2) is 0 Å². The Bertz CT molecular complexity index is 587. The Hall–Kier alpha value is -1.90. The predicted molar refractivity (Wildman–Crippen MR) is 64.8 cm³/mol. The molecule has 16 heavy (non-hydrogen) atoms. The molecule has 0 amide bonds. The number of nitrogens with two attached hydrogens (primary N) is 1. The van der Waals surface area contributed by atoms with Gasteiger partial charge in [-0.3, -0.25) is 10.4 Å². The van der Waals surface area contributed by atoms with Gasteiger partial charge in [0.05, 0.1) is 5.52 Å². The standard InChI is InChI=1S/C13H13N3/c14-13(15)12-8-4-1-2-6-10(8)16-11-7-3-5-9(11)12/h1-2,4,6H,3,5,7H2,(H3,14,15). The second-order valence-corrected chi connectivity index (χ2v) is 4.20. The van der Waals surface area contributed by atoms with Crippen molar-refractivity contribution in [1.82, 2.24) is 4.98 Å². The van der Waals surface area contributed by atoms with Crippen LogP contribution >= 0.6 is 0 Å². The lowest BCUT2D eigenvalue weighted by Crippen LogP contribution is -2.15. The van der Waals surface area contributed by atoms with Crippen molar-refractivity contribution in [2.24, 2.45) is 5.73 Å². The van der Waals surface area contributed by atoms with E-state index in [0.717, 1.165) is 41.4 Å². The van der Waals surface area contributed by atoms with Gasteiger partial charge in [-0.2, -0.15) is 0 Å². The van der Waals surface area contributed by atoms with E-state index in [2.05, 4.69) is 4.98 Å². The quantitative estimate of drug-likeness (QED) is 0.560. The van der Waals surface area contributed by atoms with Crippen LogP contribution < -0.4 is 5.73 Å². The first kappa shape index (κ1) is 9.33. The summed E-state index contributed by atoms with van der Waals surface area (Å²) < 4.78 is 0. The molecule has 0 aliphatic heterocycles. The minimum atomic E-state index is 0.164. The number of hydrogen-bond acceptors (Lipinski definition) is 2. The van der Waals surface area contributed by atoms with Crippen molar-refractivity contribution in [2.45, 2.75) is 19.3 Å². The Morgan fingerprint density at radius 1 is 1.25 bits per heavy atom. The predicted octanol–water partition coefficient (Wildman–Crippen LogP) is 2.01. The van der Waals surface area contributed by atoms with Crippen molar-refractivity contribution >= 4 is 16.7 Å². The highest BCUT2D eigenvalue weighted by atomic mass is 14.7. The third-order valence-electron chi connectivity index (χ3n) is 3.19. The molecule has 80 valence electrons. The van der Waals surface area contributed by atoms with Gasteiger partial charge in [0, 0.05) is 16.6 Å². The molecule has 0 unspecified atom stereocenters. The molecule has 0 fully saturated rings. The van der Waals surface area contributed by atoms with E-state index >= 15 is 0 Å². The Morgan fingerprint density at radius 2 is 2.06 bits per heavy atom. The van der Waals surface area contributed by atoms with Crippen LogP contribution in [0.25, 0.3) is 10.9 Å². The molecule has 3 heteroatoms. The summed E-state index contributed by atoms with van der Waals surface area (Å²) in [5.41, 5.74) is 9.88. The highest BCUT2D eigenvalue weighted by Crippen LogP contribution is 2.29. The smallest absolute Gasteiger partial charge is 0.123 e. The molecule has 0 bridgehead atoms. The first-order valence-electron chi connectivity index (χ1n) is 5.52. The molecule has 1 aromatic heterocycles. The zero-order valence-corrected chi connectivity index (χ0v) is 8.96. The van der Waals surface area contributed by atoms with Crippen molar-refractivity contribution in [3.05, 3.63) is 41.1 Å². The molecule has 1 aliphatic carbocycles. The van der Waals surface area contributed by atoms with Crippen LogP contribution in [0.5, 0.6) is 0 Å². The van der Waals surface area contributed by atoms with Crippen molar-refractivity contribution in [3.63, 3.8) is 0 Å². The number of fused-ring (bicyclic) bond motifs is 2. The minimum Gasteiger partial charge on any atom is -0.384 e. The molecule has 0 saturated heterocycles. The number of aryl methyl sites for hydroxylation is 1. The molecule has 3 rings (SSSR count). The van der Waals surface area contributed by atoms with E-state index in [9.17, 15) is 0 Å². The monoisotopic (exact) mass is 211 g/mol. The lowest BCUT2D eigenvalue weighted by atomic mass is 10.0. The Morgan fingerprint density at radius 3 is 2.88 bits per heavy atom. The van der Waals surface area contributed by atoms with Crippen molar-refractivity contribution in [2.75, 3.05) is 0 Å². The number of rotatable bonds is 1. The number of benzene rings is 1. The first-order valence-corrected chi connectivity index (χ1v) is 5.52. The van der Waals surface area contributed by atoms with Crippen LogP contribution in [0.3, 0.4) is 0 Å². The lowest BCUT2D eigenvalue weighted by molar-refractivity contribution is 0.901. The van der Waals surface area contributed by atoms with Crippen LogP contribution in [-0.2, 0) is 12.8 Å². The van der Waals surface area contributed by atoms with Gasteiger partial charge >= 0.3 is 0 Å². The number of nitrogens with one attached hydrogen (secondary N) is 1. The number of aromatic nitrogens is 1. The van der Waals surface area contributed by atoms with Crippen LogP contribution in [0, 0.1) is 5.41 Å². The summed E-state index contributed by atoms with van der Waals surface area (Å²) in [7, 11) is 0. The first-order chi connectivity index (χ1) is 7.77. The molecule has 0 atom stereocenters. The molecule has 0 spiro atoms. The second-order valence-electron chi connectivity index (χ2n) is 4.20. The van der Waals surface area contributed by atoms with Gasteiger partial charge < -0.3 is 5.73 Å². The Kier molecular flexibility index (Phi) is 1.93. The van der Waals surface area contributed by atoms with E-state index in [1.807, 2.05) is 24.3 Å². The average molecular weight is 211 g/mol. The summed E-state index contributed by atoms with van der Waals surface area (Å²) in [6.07, 6.45) is 3.14. The zero-order valence-electron chi connectivity index (χ0n) is 8.96. The van der Waals surface area contributed by atoms with Gasteiger partial charge in [0.25, 0.3) is 0 Å². The van der Waals surface area contributed by atoms with E-state index in [1.165, 1.54) is 5.56 Å². The molecule has 1 aliphatic rings. The SMILES string of the molecule is N=C(N)c1c2c(nc3ccccc13)CCC2. The largest absolute Gasteiger partial charge is 0.384 e. The Labute approximate surface area is 93.8 Å². The third kappa shape index (κ3) is 1.21. The van der Waals surface area contributed by atoms with Gasteiger partial charge in [-0.25, -0.2) is 0 Å². The molecular weight excluding hydrogens is 198 g/mol. The number of hydrogen-bond donors (Lipinski definition) is 2. The van der Waals surface area contributed by atoms with Gasteiger partial charge in [0.1, 0.15) is 5.84 Å². The fraction of sp³-hybridized carbons (Fsp3) is 0.231. The highest BCUT2D eigenvalue weighted by molar-refractivity contribution is 6.08. The van der Waals surface area contributed by atoms with Gasteiger partial charge in [-0.05, 0) is 30.9 Å².